The van der Waals surface area contributed by atoms with Gasteiger partial charge in [0.15, 0.2) is 0 Å². The number of carbonyl (C=O) groups excluding carboxylic acids is 1. The van der Waals surface area contributed by atoms with E-state index in [1.807, 2.05) is 20.8 Å². The molecule has 0 bridgehead atoms. The molecule has 116 valence electrons. The van der Waals surface area contributed by atoms with Crippen LogP contribution >= 0.6 is 0 Å². The molecule has 1 aromatic rings. The number of amides is 1. The number of hydrogen-bond acceptors (Lipinski definition) is 5. The van der Waals surface area contributed by atoms with Crippen molar-refractivity contribution < 1.29 is 14.3 Å². The molecule has 1 atom stereocenters. The average molecular weight is 293 g/mol. The lowest BCUT2D eigenvalue weighted by atomic mass is 10.2. The van der Waals surface area contributed by atoms with Crippen molar-refractivity contribution in [3.8, 4) is 5.75 Å². The SMILES string of the molecule is CC(C)(C)OC(=O)N1CCC[C@H]1COc1ccnc(N)c1. The highest BCUT2D eigenvalue weighted by Gasteiger charge is 2.32. The van der Waals surface area contributed by atoms with Gasteiger partial charge in [-0.2, -0.15) is 0 Å². The lowest BCUT2D eigenvalue weighted by molar-refractivity contribution is 0.0187. The van der Waals surface area contributed by atoms with E-state index in [2.05, 4.69) is 4.98 Å². The van der Waals surface area contributed by atoms with E-state index >= 15 is 0 Å². The minimum atomic E-state index is -0.482. The number of pyridine rings is 1. The molecule has 0 aliphatic carbocycles. The molecule has 21 heavy (non-hydrogen) atoms. The molecular formula is C15H23N3O3. The Morgan fingerprint density at radius 1 is 1.52 bits per heavy atom. The summed E-state index contributed by atoms with van der Waals surface area (Å²) in [6.07, 6.45) is 3.21. The molecule has 0 unspecified atom stereocenters. The molecule has 0 aromatic carbocycles. The Hall–Kier alpha value is -1.98. The predicted octanol–water partition coefficient (Wildman–Crippen LogP) is 2.44. The number of ether oxygens (including phenoxy) is 2. The molecule has 1 amide bonds. The maximum atomic E-state index is 12.2. The normalized spacial score (nSPS) is 18.6. The summed E-state index contributed by atoms with van der Waals surface area (Å²) in [4.78, 5) is 17.8. The highest BCUT2D eigenvalue weighted by atomic mass is 16.6. The minimum Gasteiger partial charge on any atom is -0.491 e. The van der Waals surface area contributed by atoms with Gasteiger partial charge in [0, 0.05) is 18.8 Å². The Morgan fingerprint density at radius 3 is 2.95 bits per heavy atom. The largest absolute Gasteiger partial charge is 0.491 e. The molecular weight excluding hydrogens is 270 g/mol. The first kappa shape index (κ1) is 15.4. The van der Waals surface area contributed by atoms with Crippen LogP contribution in [0.4, 0.5) is 10.6 Å². The van der Waals surface area contributed by atoms with Crippen LogP contribution < -0.4 is 10.5 Å². The van der Waals surface area contributed by atoms with E-state index in [-0.39, 0.29) is 12.1 Å². The highest BCUT2D eigenvalue weighted by Crippen LogP contribution is 2.22. The van der Waals surface area contributed by atoms with Crippen molar-refractivity contribution in [1.29, 1.82) is 0 Å². The predicted molar refractivity (Wildman–Crippen MR) is 80.1 cm³/mol. The molecule has 0 spiro atoms. The summed E-state index contributed by atoms with van der Waals surface area (Å²) in [5, 5.41) is 0. The second-order valence-corrected chi connectivity index (χ2v) is 6.20. The first-order valence-corrected chi connectivity index (χ1v) is 7.19. The maximum absolute atomic E-state index is 12.2. The number of anilines is 1. The van der Waals surface area contributed by atoms with Crippen molar-refractivity contribution in [3.05, 3.63) is 18.3 Å². The van der Waals surface area contributed by atoms with E-state index in [0.29, 0.717) is 24.7 Å². The zero-order valence-electron chi connectivity index (χ0n) is 12.8. The minimum absolute atomic E-state index is 0.0363. The third-order valence-corrected chi connectivity index (χ3v) is 3.20. The van der Waals surface area contributed by atoms with Gasteiger partial charge in [0.1, 0.15) is 23.8 Å². The van der Waals surface area contributed by atoms with Crippen molar-refractivity contribution in [2.45, 2.75) is 45.3 Å². The maximum Gasteiger partial charge on any atom is 0.410 e. The Kier molecular flexibility index (Phi) is 4.55. The van der Waals surface area contributed by atoms with E-state index in [1.165, 1.54) is 0 Å². The van der Waals surface area contributed by atoms with E-state index in [4.69, 9.17) is 15.2 Å². The van der Waals surface area contributed by atoms with Crippen LogP contribution in [0.3, 0.4) is 0 Å². The van der Waals surface area contributed by atoms with Gasteiger partial charge in [-0.15, -0.1) is 0 Å². The summed E-state index contributed by atoms with van der Waals surface area (Å²) < 4.78 is 11.1. The molecule has 6 heteroatoms. The molecule has 1 fully saturated rings. The second-order valence-electron chi connectivity index (χ2n) is 6.20. The van der Waals surface area contributed by atoms with E-state index < -0.39 is 5.60 Å². The third-order valence-electron chi connectivity index (χ3n) is 3.20. The van der Waals surface area contributed by atoms with Crippen LogP contribution in [0.15, 0.2) is 18.3 Å². The van der Waals surface area contributed by atoms with Gasteiger partial charge in [-0.3, -0.25) is 0 Å². The van der Waals surface area contributed by atoms with E-state index in [1.54, 1.807) is 23.2 Å². The fraction of sp³-hybridized carbons (Fsp3) is 0.600. The zero-order chi connectivity index (χ0) is 15.5. The molecule has 2 N–H and O–H groups in total. The molecule has 0 radical (unpaired) electrons. The molecule has 0 saturated carbocycles. The fourth-order valence-corrected chi connectivity index (χ4v) is 2.28. The average Bonchev–Trinajstić information content (AvgIpc) is 2.83. The Morgan fingerprint density at radius 2 is 2.29 bits per heavy atom. The van der Waals surface area contributed by atoms with Crippen molar-refractivity contribution in [2.24, 2.45) is 0 Å². The van der Waals surface area contributed by atoms with Gasteiger partial charge in [0.05, 0.1) is 6.04 Å². The van der Waals surface area contributed by atoms with Crippen molar-refractivity contribution in [1.82, 2.24) is 9.88 Å². The third kappa shape index (κ3) is 4.51. The molecule has 2 rings (SSSR count). The van der Waals surface area contributed by atoms with Crippen LogP contribution in [-0.4, -0.2) is 40.8 Å². The number of hydrogen-bond donors (Lipinski definition) is 1. The number of carbonyl (C=O) groups is 1. The van der Waals surface area contributed by atoms with Gasteiger partial charge in [0.2, 0.25) is 0 Å². The number of nitrogens with zero attached hydrogens (tertiary/aromatic N) is 2. The van der Waals surface area contributed by atoms with Crippen molar-refractivity contribution in [3.63, 3.8) is 0 Å². The van der Waals surface area contributed by atoms with Crippen LogP contribution in [0.1, 0.15) is 33.6 Å². The van der Waals surface area contributed by atoms with E-state index in [0.717, 1.165) is 12.8 Å². The number of nitrogens with two attached hydrogens (primary N) is 1. The van der Waals surface area contributed by atoms with Gasteiger partial charge in [0.25, 0.3) is 0 Å². The Balaban J connectivity index is 1.91. The molecule has 2 heterocycles. The fourth-order valence-electron chi connectivity index (χ4n) is 2.28. The smallest absolute Gasteiger partial charge is 0.410 e. The van der Waals surface area contributed by atoms with Gasteiger partial charge < -0.3 is 20.1 Å². The summed E-state index contributed by atoms with van der Waals surface area (Å²) in [6.45, 7) is 6.74. The standard InChI is InChI=1S/C15H23N3O3/c1-15(2,3)21-14(19)18-8-4-5-11(18)10-20-12-6-7-17-13(16)9-12/h6-7,9,11H,4-5,8,10H2,1-3H3,(H2,16,17)/t11-/m0/s1. The van der Waals surface area contributed by atoms with Gasteiger partial charge in [-0.05, 0) is 39.7 Å². The molecule has 1 aliphatic rings. The highest BCUT2D eigenvalue weighted by molar-refractivity contribution is 5.69. The number of aromatic nitrogens is 1. The van der Waals surface area contributed by atoms with Crippen LogP contribution in [0, 0.1) is 0 Å². The number of nitrogen functional groups attached to an aromatic ring is 1. The van der Waals surface area contributed by atoms with Gasteiger partial charge in [-0.25, -0.2) is 9.78 Å². The first-order valence-electron chi connectivity index (χ1n) is 7.19. The Bertz CT molecular complexity index is 499. The number of rotatable bonds is 3. The summed E-state index contributed by atoms with van der Waals surface area (Å²) in [6, 6.07) is 3.46. The molecule has 1 saturated heterocycles. The quantitative estimate of drug-likeness (QED) is 0.926. The van der Waals surface area contributed by atoms with Crippen LogP contribution in [0.25, 0.3) is 0 Å². The molecule has 1 aliphatic heterocycles. The van der Waals surface area contributed by atoms with Gasteiger partial charge >= 0.3 is 6.09 Å². The Labute approximate surface area is 125 Å². The summed E-state index contributed by atoms with van der Waals surface area (Å²) in [5.74, 6) is 1.08. The lowest BCUT2D eigenvalue weighted by Gasteiger charge is -2.28. The summed E-state index contributed by atoms with van der Waals surface area (Å²) in [5.41, 5.74) is 5.13. The van der Waals surface area contributed by atoms with Crippen molar-refractivity contribution in [2.75, 3.05) is 18.9 Å². The summed E-state index contributed by atoms with van der Waals surface area (Å²) >= 11 is 0. The van der Waals surface area contributed by atoms with E-state index in [9.17, 15) is 4.79 Å². The second kappa shape index (κ2) is 6.20. The summed E-state index contributed by atoms with van der Waals surface area (Å²) in [7, 11) is 0. The van der Waals surface area contributed by atoms with Crippen LogP contribution in [0.5, 0.6) is 5.75 Å². The van der Waals surface area contributed by atoms with Crippen LogP contribution in [0.2, 0.25) is 0 Å². The monoisotopic (exact) mass is 293 g/mol. The zero-order valence-corrected chi connectivity index (χ0v) is 12.8. The van der Waals surface area contributed by atoms with Gasteiger partial charge in [-0.1, -0.05) is 0 Å². The first-order chi connectivity index (χ1) is 9.85. The molecule has 1 aromatic heterocycles. The lowest BCUT2D eigenvalue weighted by Crippen LogP contribution is -2.42. The molecule has 6 nitrogen and oxygen atoms in total. The van der Waals surface area contributed by atoms with Crippen LogP contribution in [-0.2, 0) is 4.74 Å². The topological polar surface area (TPSA) is 77.7 Å². The van der Waals surface area contributed by atoms with Crippen molar-refractivity contribution >= 4 is 11.9 Å². The number of likely N-dealkylation sites (tertiary alicyclic amines) is 1.